The highest BCUT2D eigenvalue weighted by Gasteiger charge is 2.69. The van der Waals surface area contributed by atoms with E-state index in [0.29, 0.717) is 49.4 Å². The minimum absolute atomic E-state index is 0.0130. The van der Waals surface area contributed by atoms with Crippen LogP contribution in [-0.4, -0.2) is 33.2 Å². The van der Waals surface area contributed by atoms with Gasteiger partial charge in [-0.1, -0.05) is 17.3 Å². The topological polar surface area (TPSA) is 95.9 Å². The molecule has 0 spiro atoms. The van der Waals surface area contributed by atoms with Gasteiger partial charge in [-0.25, -0.2) is 9.37 Å². The zero-order valence-electron chi connectivity index (χ0n) is 24.6. The number of anilines is 1. The molecule has 7 aliphatic carbocycles. The van der Waals surface area contributed by atoms with Gasteiger partial charge in [0.25, 0.3) is 0 Å². The number of carbonyl (C=O) groups excluding carboxylic acids is 1. The maximum atomic E-state index is 14.4. The van der Waals surface area contributed by atoms with Gasteiger partial charge in [0.05, 0.1) is 21.5 Å². The normalized spacial score (nSPS) is 31.7. The summed E-state index contributed by atoms with van der Waals surface area (Å²) in [7, 11) is 0. The van der Waals surface area contributed by atoms with Gasteiger partial charge in [-0.3, -0.25) is 4.79 Å². The van der Waals surface area contributed by atoms with Crippen LogP contribution in [0.15, 0.2) is 46.3 Å². The van der Waals surface area contributed by atoms with E-state index in [1.807, 2.05) is 46.7 Å². The fourth-order valence-corrected chi connectivity index (χ4v) is 9.69. The van der Waals surface area contributed by atoms with Crippen molar-refractivity contribution in [3.05, 3.63) is 59.1 Å². The minimum atomic E-state index is -1.03. The summed E-state index contributed by atoms with van der Waals surface area (Å²) in [5.41, 5.74) is 2.43. The second-order valence-corrected chi connectivity index (χ2v) is 15.6. The first kappa shape index (κ1) is 26.7. The van der Waals surface area contributed by atoms with E-state index in [1.54, 1.807) is 11.3 Å². The molecule has 3 aromatic heterocycles. The van der Waals surface area contributed by atoms with Crippen LogP contribution in [0.2, 0.25) is 0 Å². The molecule has 7 saturated carbocycles. The molecular formula is C35H34FN5O2S. The summed E-state index contributed by atoms with van der Waals surface area (Å²) in [5, 5.41) is 16.3. The summed E-state index contributed by atoms with van der Waals surface area (Å²) in [5.74, 6) is 2.25. The Morgan fingerprint density at radius 3 is 2.52 bits per heavy atom. The van der Waals surface area contributed by atoms with E-state index in [2.05, 4.69) is 11.2 Å². The molecule has 0 atom stereocenters. The average molecular weight is 608 g/mol. The number of aromatic nitrogens is 3. The Morgan fingerprint density at radius 1 is 1.05 bits per heavy atom. The van der Waals surface area contributed by atoms with Crippen LogP contribution in [0.3, 0.4) is 0 Å². The first-order chi connectivity index (χ1) is 21.3. The van der Waals surface area contributed by atoms with E-state index in [0.717, 1.165) is 84.5 Å². The zero-order chi connectivity index (χ0) is 29.7. The Balaban J connectivity index is 1.02. The number of fused-ring (bicyclic) bond motifs is 4. The van der Waals surface area contributed by atoms with Crippen molar-refractivity contribution in [2.75, 3.05) is 11.4 Å². The molecular weight excluding hydrogens is 573 g/mol. The second-order valence-electron chi connectivity index (χ2n) is 14.7. The smallest absolute Gasteiger partial charge is 0.232 e. The average Bonchev–Trinajstić information content (AvgIpc) is 3.55. The van der Waals surface area contributed by atoms with Crippen molar-refractivity contribution in [2.45, 2.75) is 94.1 Å². The van der Waals surface area contributed by atoms with Crippen molar-refractivity contribution in [1.29, 1.82) is 5.26 Å². The Hall–Kier alpha value is -3.64. The Morgan fingerprint density at radius 2 is 1.82 bits per heavy atom. The molecule has 0 aliphatic heterocycles. The van der Waals surface area contributed by atoms with Crippen molar-refractivity contribution >= 4 is 33.1 Å². The number of rotatable bonds is 8. The first-order valence-corrected chi connectivity index (χ1v) is 16.9. The molecule has 44 heavy (non-hydrogen) atoms. The fraction of sp³-hybridized carbons (Fsp3) is 0.514. The van der Waals surface area contributed by atoms with Gasteiger partial charge in [-0.2, -0.15) is 10.2 Å². The van der Waals surface area contributed by atoms with Crippen LogP contribution < -0.4 is 4.90 Å². The van der Waals surface area contributed by atoms with E-state index in [9.17, 15) is 14.4 Å². The maximum Gasteiger partial charge on any atom is 0.232 e. The van der Waals surface area contributed by atoms with E-state index in [-0.39, 0.29) is 22.2 Å². The first-order valence-electron chi connectivity index (χ1n) is 16.0. The molecule has 7 fully saturated rings. The molecule has 0 radical (unpaired) electrons. The number of benzene rings is 1. The molecule has 0 saturated heterocycles. The van der Waals surface area contributed by atoms with Crippen LogP contribution >= 0.6 is 11.3 Å². The highest BCUT2D eigenvalue weighted by Crippen LogP contribution is 2.71. The predicted octanol–water partition coefficient (Wildman–Crippen LogP) is 8.00. The van der Waals surface area contributed by atoms with Gasteiger partial charge in [-0.05, 0) is 111 Å². The second kappa shape index (κ2) is 9.20. The summed E-state index contributed by atoms with van der Waals surface area (Å²) < 4.78 is 21.3. The summed E-state index contributed by atoms with van der Waals surface area (Å²) in [4.78, 5) is 25.9. The molecule has 4 bridgehead atoms. The Kier molecular flexibility index (Phi) is 5.59. The largest absolute Gasteiger partial charge is 0.339 e. The summed E-state index contributed by atoms with van der Waals surface area (Å²) in [6.45, 7) is 0.640. The van der Waals surface area contributed by atoms with E-state index < -0.39 is 5.67 Å². The number of thiophene rings is 1. The number of hydrogen-bond donors (Lipinski definition) is 0. The third-order valence-corrected chi connectivity index (χ3v) is 12.5. The molecule has 1 aromatic carbocycles. The van der Waals surface area contributed by atoms with Crippen LogP contribution in [0.1, 0.15) is 100 Å². The van der Waals surface area contributed by atoms with Crippen molar-refractivity contribution in [3.63, 3.8) is 0 Å². The predicted molar refractivity (Wildman–Crippen MR) is 165 cm³/mol. The van der Waals surface area contributed by atoms with Gasteiger partial charge in [0.15, 0.2) is 5.82 Å². The molecule has 3 heterocycles. The Bertz CT molecular complexity index is 1820. The molecule has 0 unspecified atom stereocenters. The van der Waals surface area contributed by atoms with Gasteiger partial charge in [0.2, 0.25) is 11.8 Å². The number of nitriles is 1. The Labute approximate surface area is 259 Å². The highest BCUT2D eigenvalue weighted by atomic mass is 32.1. The van der Waals surface area contributed by atoms with E-state index in [4.69, 9.17) is 14.5 Å². The van der Waals surface area contributed by atoms with Gasteiger partial charge in [0.1, 0.15) is 11.7 Å². The number of hydrogen-bond acceptors (Lipinski definition) is 7. The number of alkyl halides is 1. The molecule has 4 aromatic rings. The third-order valence-electron chi connectivity index (χ3n) is 11.6. The van der Waals surface area contributed by atoms with Crippen LogP contribution in [0.5, 0.6) is 0 Å². The molecule has 224 valence electrons. The lowest BCUT2D eigenvalue weighted by Gasteiger charge is -2.66. The standard InChI is InChI=1S/C35H34FN5O2S/c36-35-18-33(19-35,20-35)16-28(42)41(25-3-1-2-23(14-25)29-24(17-37)15-27-26(38-29)6-13-44-27)21-32-7-10-34(11-8-32,12-9-32)31-39-30(40-43-31)22-4-5-22/h1-3,6,13-15,22H,4-5,7-12,16,18-21H2. The quantitative estimate of drug-likeness (QED) is 0.201. The van der Waals surface area contributed by atoms with E-state index >= 15 is 0 Å². The lowest BCUT2D eigenvalue weighted by molar-refractivity contribution is -0.215. The van der Waals surface area contributed by atoms with Crippen molar-refractivity contribution in [2.24, 2.45) is 10.8 Å². The maximum absolute atomic E-state index is 14.4. The summed E-state index contributed by atoms with van der Waals surface area (Å²) in [6.07, 6.45) is 10.2. The van der Waals surface area contributed by atoms with Gasteiger partial charge in [-0.15, -0.1) is 11.3 Å². The summed E-state index contributed by atoms with van der Waals surface area (Å²) in [6, 6.07) is 14.1. The molecule has 7 nitrogen and oxygen atoms in total. The molecule has 11 rings (SSSR count). The lowest BCUT2D eigenvalue weighted by atomic mass is 9.41. The SMILES string of the molecule is N#Cc1cc2sccc2nc1-c1cccc(N(CC23CCC(c4nc(C5CC5)no4)(CC2)CC3)C(=O)CC23CC(F)(C2)C3)c1. The molecule has 9 heteroatoms. The highest BCUT2D eigenvalue weighted by molar-refractivity contribution is 7.17. The monoisotopic (exact) mass is 607 g/mol. The number of halogens is 1. The van der Waals surface area contributed by atoms with Crippen molar-refractivity contribution in [3.8, 4) is 17.3 Å². The van der Waals surface area contributed by atoms with Gasteiger partial charge in [0, 0.05) is 35.5 Å². The minimum Gasteiger partial charge on any atom is -0.339 e. The number of nitrogens with zero attached hydrogens (tertiary/aromatic N) is 5. The van der Waals surface area contributed by atoms with Crippen LogP contribution in [0, 0.1) is 22.2 Å². The van der Waals surface area contributed by atoms with Crippen LogP contribution in [-0.2, 0) is 10.2 Å². The van der Waals surface area contributed by atoms with Crippen molar-refractivity contribution in [1.82, 2.24) is 15.1 Å². The van der Waals surface area contributed by atoms with Crippen molar-refractivity contribution < 1.29 is 13.7 Å². The number of amides is 1. The fourth-order valence-electron chi connectivity index (χ4n) is 8.92. The number of carbonyl (C=O) groups is 1. The van der Waals surface area contributed by atoms with Crippen LogP contribution in [0.4, 0.5) is 10.1 Å². The summed E-state index contributed by atoms with van der Waals surface area (Å²) >= 11 is 1.57. The molecule has 0 N–H and O–H groups in total. The third kappa shape index (κ3) is 4.17. The molecule has 1 amide bonds. The lowest BCUT2D eigenvalue weighted by Crippen LogP contribution is -2.65. The zero-order valence-corrected chi connectivity index (χ0v) is 25.5. The van der Waals surface area contributed by atoms with Gasteiger partial charge >= 0.3 is 0 Å². The van der Waals surface area contributed by atoms with Gasteiger partial charge < -0.3 is 9.42 Å². The van der Waals surface area contributed by atoms with Crippen LogP contribution in [0.25, 0.3) is 21.5 Å². The van der Waals surface area contributed by atoms with E-state index in [1.165, 1.54) is 0 Å². The molecule has 7 aliphatic rings. The number of pyridine rings is 1.